The monoisotopic (exact) mass is 345 g/mol. The van der Waals surface area contributed by atoms with Gasteiger partial charge in [-0.2, -0.15) is 0 Å². The van der Waals surface area contributed by atoms with Crippen LogP contribution in [0.3, 0.4) is 0 Å². The number of nitrogens with one attached hydrogen (secondary N) is 3. The Bertz CT molecular complexity index is 728. The van der Waals surface area contributed by atoms with Crippen LogP contribution in [0.5, 0.6) is 5.75 Å². The highest BCUT2D eigenvalue weighted by Crippen LogP contribution is 2.13. The third kappa shape index (κ3) is 6.02. The lowest BCUT2D eigenvalue weighted by atomic mass is 10.2. The number of carbonyl (C=O) groups excluding carboxylic acids is 3. The number of furan rings is 1. The van der Waals surface area contributed by atoms with Crippen LogP contribution in [0, 0.1) is 0 Å². The van der Waals surface area contributed by atoms with Crippen molar-refractivity contribution in [1.29, 1.82) is 0 Å². The molecule has 0 saturated carbocycles. The van der Waals surface area contributed by atoms with E-state index in [9.17, 15) is 14.4 Å². The highest BCUT2D eigenvalue weighted by molar-refractivity contribution is 6.35. The lowest BCUT2D eigenvalue weighted by Gasteiger charge is -2.09. The first kappa shape index (κ1) is 18.1. The molecule has 2 aromatic rings. The van der Waals surface area contributed by atoms with Crippen LogP contribution in [0.25, 0.3) is 0 Å². The molecule has 1 heterocycles. The highest BCUT2D eigenvalue weighted by atomic mass is 16.5. The first-order valence-electron chi connectivity index (χ1n) is 7.69. The van der Waals surface area contributed by atoms with Crippen molar-refractivity contribution >= 4 is 17.7 Å². The summed E-state index contributed by atoms with van der Waals surface area (Å²) in [5.74, 6) is -1.42. The highest BCUT2D eigenvalue weighted by Gasteiger charge is 2.14. The van der Waals surface area contributed by atoms with Crippen LogP contribution in [0.4, 0.5) is 0 Å². The minimum Gasteiger partial charge on any atom is -0.484 e. The Labute approximate surface area is 144 Å². The van der Waals surface area contributed by atoms with E-state index in [2.05, 4.69) is 10.7 Å². The van der Waals surface area contributed by atoms with Crippen molar-refractivity contribution in [2.45, 2.75) is 19.9 Å². The van der Waals surface area contributed by atoms with Gasteiger partial charge in [0.1, 0.15) is 11.5 Å². The Hall–Kier alpha value is -3.29. The summed E-state index contributed by atoms with van der Waals surface area (Å²) in [5.41, 5.74) is 5.20. The molecule has 0 aliphatic heterocycles. The SMILES string of the molecule is CCc1cccc(OCC(=O)NNC(=O)C(=O)NCc2ccco2)c1. The topological polar surface area (TPSA) is 110 Å². The Kier molecular flexibility index (Phi) is 6.58. The largest absolute Gasteiger partial charge is 0.484 e. The van der Waals surface area contributed by atoms with Crippen molar-refractivity contribution in [3.8, 4) is 5.75 Å². The molecule has 0 fully saturated rings. The summed E-state index contributed by atoms with van der Waals surface area (Å²) >= 11 is 0. The predicted molar refractivity (Wildman–Crippen MR) is 88.2 cm³/mol. The van der Waals surface area contributed by atoms with Crippen molar-refractivity contribution in [2.24, 2.45) is 0 Å². The minimum absolute atomic E-state index is 0.0735. The molecule has 0 aliphatic carbocycles. The molecule has 0 saturated heterocycles. The molecular formula is C17H19N3O5. The zero-order valence-corrected chi connectivity index (χ0v) is 13.7. The van der Waals surface area contributed by atoms with Gasteiger partial charge in [-0.3, -0.25) is 25.2 Å². The summed E-state index contributed by atoms with van der Waals surface area (Å²) in [4.78, 5) is 34.8. The zero-order valence-electron chi connectivity index (χ0n) is 13.7. The smallest absolute Gasteiger partial charge is 0.327 e. The van der Waals surface area contributed by atoms with Crippen LogP contribution in [0.2, 0.25) is 0 Å². The number of hydrogen-bond acceptors (Lipinski definition) is 5. The van der Waals surface area contributed by atoms with Crippen LogP contribution in [0.15, 0.2) is 47.1 Å². The van der Waals surface area contributed by atoms with Gasteiger partial charge in [-0.1, -0.05) is 19.1 Å². The molecule has 0 aliphatic rings. The molecule has 8 nitrogen and oxygen atoms in total. The average molecular weight is 345 g/mol. The molecule has 132 valence electrons. The molecule has 8 heteroatoms. The molecule has 25 heavy (non-hydrogen) atoms. The summed E-state index contributed by atoms with van der Waals surface area (Å²) in [6, 6.07) is 10.7. The van der Waals surface area contributed by atoms with Gasteiger partial charge in [-0.25, -0.2) is 0 Å². The second-order valence-corrected chi connectivity index (χ2v) is 5.05. The summed E-state index contributed by atoms with van der Waals surface area (Å²) < 4.78 is 10.3. The van der Waals surface area contributed by atoms with E-state index in [4.69, 9.17) is 9.15 Å². The van der Waals surface area contributed by atoms with Gasteiger partial charge in [-0.05, 0) is 36.2 Å². The number of benzene rings is 1. The van der Waals surface area contributed by atoms with Gasteiger partial charge in [0.05, 0.1) is 12.8 Å². The van der Waals surface area contributed by atoms with Gasteiger partial charge >= 0.3 is 11.8 Å². The van der Waals surface area contributed by atoms with E-state index in [-0.39, 0.29) is 13.2 Å². The second-order valence-electron chi connectivity index (χ2n) is 5.05. The molecule has 3 amide bonds. The van der Waals surface area contributed by atoms with Gasteiger partial charge in [0.25, 0.3) is 5.91 Å². The third-order valence-electron chi connectivity index (χ3n) is 3.20. The van der Waals surface area contributed by atoms with Crippen LogP contribution in [0.1, 0.15) is 18.2 Å². The maximum Gasteiger partial charge on any atom is 0.327 e. The molecule has 0 bridgehead atoms. The quantitative estimate of drug-likeness (QED) is 0.527. The molecule has 0 unspecified atom stereocenters. The van der Waals surface area contributed by atoms with E-state index in [1.54, 1.807) is 18.2 Å². The Morgan fingerprint density at radius 3 is 2.64 bits per heavy atom. The molecule has 1 aromatic carbocycles. The van der Waals surface area contributed by atoms with Crippen molar-refractivity contribution in [3.05, 3.63) is 54.0 Å². The van der Waals surface area contributed by atoms with E-state index in [0.717, 1.165) is 12.0 Å². The first-order chi connectivity index (χ1) is 12.1. The number of rotatable bonds is 6. The molecule has 3 N–H and O–H groups in total. The zero-order chi connectivity index (χ0) is 18.1. The number of aryl methyl sites for hydroxylation is 1. The van der Waals surface area contributed by atoms with Crippen LogP contribution in [-0.2, 0) is 27.3 Å². The van der Waals surface area contributed by atoms with E-state index in [1.165, 1.54) is 6.26 Å². The molecule has 0 atom stereocenters. The minimum atomic E-state index is -0.993. The standard InChI is InChI=1S/C17H19N3O5/c1-2-12-5-3-6-13(9-12)25-11-15(21)19-20-17(23)16(22)18-10-14-7-4-8-24-14/h3-9H,2,10-11H2,1H3,(H,18,22)(H,19,21)(H,20,23). The van der Waals surface area contributed by atoms with E-state index >= 15 is 0 Å². The summed E-state index contributed by atoms with van der Waals surface area (Å²) in [6.45, 7) is 1.80. The number of ether oxygens (including phenoxy) is 1. The molecule has 2 rings (SSSR count). The normalized spacial score (nSPS) is 9.96. The van der Waals surface area contributed by atoms with Crippen LogP contribution in [-0.4, -0.2) is 24.3 Å². The first-order valence-corrected chi connectivity index (χ1v) is 7.69. The van der Waals surface area contributed by atoms with E-state index < -0.39 is 17.7 Å². The van der Waals surface area contributed by atoms with Crippen LogP contribution >= 0.6 is 0 Å². The van der Waals surface area contributed by atoms with Crippen molar-refractivity contribution in [2.75, 3.05) is 6.61 Å². The lowest BCUT2D eigenvalue weighted by Crippen LogP contribution is -2.49. The van der Waals surface area contributed by atoms with Crippen molar-refractivity contribution in [3.63, 3.8) is 0 Å². The molecule has 0 spiro atoms. The maximum atomic E-state index is 11.6. The molecule has 0 radical (unpaired) electrons. The maximum absolute atomic E-state index is 11.6. The number of hydrazine groups is 1. The third-order valence-corrected chi connectivity index (χ3v) is 3.20. The van der Waals surface area contributed by atoms with Gasteiger partial charge in [0.2, 0.25) is 0 Å². The van der Waals surface area contributed by atoms with E-state index in [1.807, 2.05) is 30.5 Å². The van der Waals surface area contributed by atoms with Gasteiger partial charge in [-0.15, -0.1) is 0 Å². The number of hydrogen-bond donors (Lipinski definition) is 3. The van der Waals surface area contributed by atoms with Gasteiger partial charge in [0.15, 0.2) is 6.61 Å². The Balaban J connectivity index is 1.68. The molecule has 1 aromatic heterocycles. The van der Waals surface area contributed by atoms with Gasteiger partial charge in [0, 0.05) is 0 Å². The fourth-order valence-electron chi connectivity index (χ4n) is 1.88. The van der Waals surface area contributed by atoms with Crippen molar-refractivity contribution < 1.29 is 23.5 Å². The van der Waals surface area contributed by atoms with Crippen molar-refractivity contribution in [1.82, 2.24) is 16.2 Å². The van der Waals surface area contributed by atoms with Crippen LogP contribution < -0.4 is 20.9 Å². The Morgan fingerprint density at radius 2 is 1.92 bits per heavy atom. The Morgan fingerprint density at radius 1 is 1.08 bits per heavy atom. The summed E-state index contributed by atoms with van der Waals surface area (Å²) in [6.07, 6.45) is 2.31. The average Bonchev–Trinajstić information content (AvgIpc) is 3.16. The number of amides is 3. The van der Waals surface area contributed by atoms with Gasteiger partial charge < -0.3 is 14.5 Å². The summed E-state index contributed by atoms with van der Waals surface area (Å²) in [5, 5.41) is 2.35. The van der Waals surface area contributed by atoms with E-state index in [0.29, 0.717) is 11.5 Å². The number of carbonyl (C=O) groups is 3. The summed E-state index contributed by atoms with van der Waals surface area (Å²) in [7, 11) is 0. The fourth-order valence-corrected chi connectivity index (χ4v) is 1.88. The lowest BCUT2D eigenvalue weighted by molar-refractivity contribution is -0.141. The second kappa shape index (κ2) is 9.11. The molecular weight excluding hydrogens is 326 g/mol. The predicted octanol–water partition coefficient (Wildman–Crippen LogP) is 0.685. The fraction of sp³-hybridized carbons (Fsp3) is 0.235.